The van der Waals surface area contributed by atoms with E-state index in [-0.39, 0.29) is 18.6 Å². The van der Waals surface area contributed by atoms with Crippen molar-refractivity contribution in [1.82, 2.24) is 5.32 Å². The summed E-state index contributed by atoms with van der Waals surface area (Å²) >= 11 is 0. The number of nitrogens with one attached hydrogen (secondary N) is 1. The number of carbonyl (C=O) groups is 1. The van der Waals surface area contributed by atoms with Crippen LogP contribution in [0.25, 0.3) is 0 Å². The Kier molecular flexibility index (Phi) is 5.52. The van der Waals surface area contributed by atoms with Crippen molar-refractivity contribution in [1.29, 1.82) is 0 Å². The van der Waals surface area contributed by atoms with Crippen LogP contribution < -0.4 is 5.32 Å². The van der Waals surface area contributed by atoms with Gasteiger partial charge >= 0.3 is 0 Å². The minimum absolute atomic E-state index is 0.0422. The highest BCUT2D eigenvalue weighted by atomic mass is 16.3. The summed E-state index contributed by atoms with van der Waals surface area (Å²) in [6, 6.07) is 17.4. The molecule has 2 aromatic rings. The fourth-order valence-corrected chi connectivity index (χ4v) is 2.31. The fraction of sp³-hybridized carbons (Fsp3) is 0.278. The second-order valence-electron chi connectivity index (χ2n) is 5.20. The van der Waals surface area contributed by atoms with Gasteiger partial charge in [0, 0.05) is 6.42 Å². The molecule has 0 heterocycles. The highest BCUT2D eigenvalue weighted by Gasteiger charge is 2.13. The summed E-state index contributed by atoms with van der Waals surface area (Å²) in [6.45, 7) is 1.95. The number of hydrogen-bond acceptors (Lipinski definition) is 2. The molecule has 0 radical (unpaired) electrons. The molecule has 2 rings (SSSR count). The van der Waals surface area contributed by atoms with Gasteiger partial charge in [0.05, 0.1) is 12.6 Å². The Hall–Kier alpha value is -2.13. The quantitative estimate of drug-likeness (QED) is 0.856. The monoisotopic (exact) mass is 283 g/mol. The topological polar surface area (TPSA) is 49.3 Å². The molecular formula is C18H21NO2. The van der Waals surface area contributed by atoms with Gasteiger partial charge in [0.15, 0.2) is 0 Å². The zero-order valence-corrected chi connectivity index (χ0v) is 12.3. The van der Waals surface area contributed by atoms with Gasteiger partial charge in [-0.05, 0) is 24.5 Å². The van der Waals surface area contributed by atoms with Crippen LogP contribution >= 0.6 is 0 Å². The molecule has 0 spiro atoms. The van der Waals surface area contributed by atoms with Crippen LogP contribution in [-0.2, 0) is 11.2 Å². The number of carbonyl (C=O) groups excluding carboxylic acids is 1. The molecule has 0 aromatic heterocycles. The van der Waals surface area contributed by atoms with E-state index in [1.807, 2.05) is 55.5 Å². The second-order valence-corrected chi connectivity index (χ2v) is 5.20. The van der Waals surface area contributed by atoms with Crippen molar-refractivity contribution in [3.8, 4) is 0 Å². The van der Waals surface area contributed by atoms with Gasteiger partial charge in [-0.1, -0.05) is 60.2 Å². The molecule has 1 amide bonds. The van der Waals surface area contributed by atoms with Gasteiger partial charge in [0.2, 0.25) is 5.91 Å². The largest absolute Gasteiger partial charge is 0.394 e. The number of benzene rings is 2. The number of amides is 1. The van der Waals surface area contributed by atoms with Gasteiger partial charge < -0.3 is 10.4 Å². The third-order valence-corrected chi connectivity index (χ3v) is 3.44. The molecule has 0 aliphatic rings. The van der Waals surface area contributed by atoms with E-state index in [9.17, 15) is 9.90 Å². The highest BCUT2D eigenvalue weighted by molar-refractivity contribution is 5.76. The first-order valence-corrected chi connectivity index (χ1v) is 7.20. The highest BCUT2D eigenvalue weighted by Crippen LogP contribution is 2.12. The lowest BCUT2D eigenvalue weighted by Gasteiger charge is -2.16. The van der Waals surface area contributed by atoms with Crippen LogP contribution in [0.2, 0.25) is 0 Å². The number of aliphatic hydroxyl groups is 1. The minimum atomic E-state index is -0.337. The lowest BCUT2D eigenvalue weighted by atomic mass is 10.1. The summed E-state index contributed by atoms with van der Waals surface area (Å²) < 4.78 is 0. The Morgan fingerprint density at radius 2 is 1.90 bits per heavy atom. The lowest BCUT2D eigenvalue weighted by molar-refractivity contribution is -0.122. The summed E-state index contributed by atoms with van der Waals surface area (Å²) in [7, 11) is 0. The van der Waals surface area contributed by atoms with Crippen molar-refractivity contribution in [2.24, 2.45) is 0 Å². The molecule has 0 unspecified atom stereocenters. The molecule has 0 aliphatic heterocycles. The van der Waals surface area contributed by atoms with Crippen LogP contribution in [0.5, 0.6) is 0 Å². The molecule has 0 saturated heterocycles. The Labute approximate surface area is 125 Å². The Bertz CT molecular complexity index is 581. The maximum Gasteiger partial charge on any atom is 0.220 e. The summed E-state index contributed by atoms with van der Waals surface area (Å²) in [5, 5.41) is 12.3. The molecule has 2 N–H and O–H groups in total. The summed E-state index contributed by atoms with van der Waals surface area (Å²) in [4.78, 5) is 12.0. The molecule has 0 fully saturated rings. The fourth-order valence-electron chi connectivity index (χ4n) is 2.31. The first-order chi connectivity index (χ1) is 10.2. The Balaban J connectivity index is 1.89. The minimum Gasteiger partial charge on any atom is -0.394 e. The smallest absolute Gasteiger partial charge is 0.220 e. The third-order valence-electron chi connectivity index (χ3n) is 3.44. The maximum atomic E-state index is 12.0. The van der Waals surface area contributed by atoms with Crippen molar-refractivity contribution < 1.29 is 9.90 Å². The van der Waals surface area contributed by atoms with E-state index in [4.69, 9.17) is 0 Å². The van der Waals surface area contributed by atoms with E-state index in [1.165, 1.54) is 5.56 Å². The van der Waals surface area contributed by atoms with Crippen LogP contribution in [-0.4, -0.2) is 17.6 Å². The Morgan fingerprint density at radius 3 is 2.57 bits per heavy atom. The molecule has 1 atom stereocenters. The molecule has 2 aromatic carbocycles. The number of rotatable bonds is 6. The molecular weight excluding hydrogens is 262 g/mol. The standard InChI is InChI=1S/C18H21NO2/c1-14-6-5-7-15(12-14)10-11-18(21)19-17(13-20)16-8-3-2-4-9-16/h2-9,12,17,20H,10-11,13H2,1H3,(H,19,21)/t17-/m0/s1. The van der Waals surface area contributed by atoms with E-state index in [0.29, 0.717) is 12.8 Å². The van der Waals surface area contributed by atoms with Crippen LogP contribution in [0.15, 0.2) is 54.6 Å². The van der Waals surface area contributed by atoms with E-state index >= 15 is 0 Å². The molecule has 3 heteroatoms. The van der Waals surface area contributed by atoms with Crippen molar-refractivity contribution in [3.05, 3.63) is 71.3 Å². The van der Waals surface area contributed by atoms with Gasteiger partial charge in [-0.25, -0.2) is 0 Å². The number of hydrogen-bond donors (Lipinski definition) is 2. The average molecular weight is 283 g/mol. The van der Waals surface area contributed by atoms with Crippen molar-refractivity contribution in [2.75, 3.05) is 6.61 Å². The lowest BCUT2D eigenvalue weighted by Crippen LogP contribution is -2.30. The molecule has 21 heavy (non-hydrogen) atoms. The van der Waals surface area contributed by atoms with Crippen LogP contribution in [0.1, 0.15) is 29.2 Å². The van der Waals surface area contributed by atoms with Crippen molar-refractivity contribution in [3.63, 3.8) is 0 Å². The normalized spacial score (nSPS) is 11.9. The maximum absolute atomic E-state index is 12.0. The van der Waals surface area contributed by atoms with Crippen molar-refractivity contribution in [2.45, 2.75) is 25.8 Å². The zero-order chi connectivity index (χ0) is 15.1. The van der Waals surface area contributed by atoms with Crippen LogP contribution in [0.3, 0.4) is 0 Å². The van der Waals surface area contributed by atoms with Crippen LogP contribution in [0, 0.1) is 6.92 Å². The predicted octanol–water partition coefficient (Wildman–Crippen LogP) is 2.78. The number of aryl methyl sites for hydroxylation is 2. The summed E-state index contributed by atoms with van der Waals surface area (Å²) in [5.41, 5.74) is 3.28. The summed E-state index contributed by atoms with van der Waals surface area (Å²) in [5.74, 6) is -0.0422. The van der Waals surface area contributed by atoms with E-state index in [1.54, 1.807) is 0 Å². The van der Waals surface area contributed by atoms with Gasteiger partial charge in [0.1, 0.15) is 0 Å². The zero-order valence-electron chi connectivity index (χ0n) is 12.3. The van der Waals surface area contributed by atoms with Gasteiger partial charge in [-0.2, -0.15) is 0 Å². The van der Waals surface area contributed by atoms with E-state index in [2.05, 4.69) is 11.4 Å². The third kappa shape index (κ3) is 4.72. The average Bonchev–Trinajstić information content (AvgIpc) is 2.51. The van der Waals surface area contributed by atoms with Gasteiger partial charge in [-0.15, -0.1) is 0 Å². The first kappa shape index (κ1) is 15.3. The second kappa shape index (κ2) is 7.60. The van der Waals surface area contributed by atoms with E-state index in [0.717, 1.165) is 11.1 Å². The molecule has 0 bridgehead atoms. The van der Waals surface area contributed by atoms with Crippen LogP contribution in [0.4, 0.5) is 0 Å². The molecule has 0 aliphatic carbocycles. The van der Waals surface area contributed by atoms with Crippen molar-refractivity contribution >= 4 is 5.91 Å². The molecule has 3 nitrogen and oxygen atoms in total. The number of aliphatic hydroxyl groups excluding tert-OH is 1. The molecule has 110 valence electrons. The SMILES string of the molecule is Cc1cccc(CCC(=O)N[C@@H](CO)c2ccccc2)c1. The van der Waals surface area contributed by atoms with Gasteiger partial charge in [-0.3, -0.25) is 4.79 Å². The first-order valence-electron chi connectivity index (χ1n) is 7.20. The van der Waals surface area contributed by atoms with Gasteiger partial charge in [0.25, 0.3) is 0 Å². The van der Waals surface area contributed by atoms with E-state index < -0.39 is 0 Å². The predicted molar refractivity (Wildman–Crippen MR) is 83.9 cm³/mol. The molecule has 0 saturated carbocycles. The Morgan fingerprint density at radius 1 is 1.14 bits per heavy atom. The summed E-state index contributed by atoms with van der Waals surface area (Å²) in [6.07, 6.45) is 1.13.